The smallest absolute Gasteiger partial charge is 0.241 e. The van der Waals surface area contributed by atoms with Gasteiger partial charge in [-0.05, 0) is 49.9 Å². The number of benzene rings is 2. The molecule has 3 rings (SSSR count). The van der Waals surface area contributed by atoms with E-state index in [0.717, 1.165) is 17.1 Å². The van der Waals surface area contributed by atoms with Gasteiger partial charge in [0.05, 0.1) is 6.04 Å². The summed E-state index contributed by atoms with van der Waals surface area (Å²) in [6.07, 6.45) is 0. The fourth-order valence-electron chi connectivity index (χ4n) is 2.48. The monoisotopic (exact) mass is 346 g/mol. The Kier molecular flexibility index (Phi) is 4.92. The molecule has 5 nitrogen and oxygen atoms in total. The van der Waals surface area contributed by atoms with Crippen molar-refractivity contribution in [1.29, 1.82) is 0 Å². The third-order valence-electron chi connectivity index (χ3n) is 4.00. The van der Waals surface area contributed by atoms with Crippen LogP contribution in [0.5, 0.6) is 11.5 Å². The van der Waals surface area contributed by atoms with E-state index in [0.29, 0.717) is 17.3 Å². The van der Waals surface area contributed by atoms with Gasteiger partial charge in [0.2, 0.25) is 12.7 Å². The van der Waals surface area contributed by atoms with Crippen LogP contribution < -0.4 is 14.8 Å². The van der Waals surface area contributed by atoms with Crippen molar-refractivity contribution >= 4 is 23.2 Å². The largest absolute Gasteiger partial charge is 0.454 e. The lowest BCUT2D eigenvalue weighted by Gasteiger charge is -2.24. The SMILES string of the molecule is C[C@H](C(=O)Nc1cccc(Cl)c1)N(C)Cc1ccc2c(c1)OCO2. The van der Waals surface area contributed by atoms with E-state index in [4.69, 9.17) is 21.1 Å². The second-order valence-corrected chi connectivity index (χ2v) is 6.21. The number of ether oxygens (including phenoxy) is 2. The fraction of sp³-hybridized carbons (Fsp3) is 0.278. The first kappa shape index (κ1) is 16.6. The van der Waals surface area contributed by atoms with Crippen LogP contribution in [0, 0.1) is 0 Å². The van der Waals surface area contributed by atoms with Crippen LogP contribution >= 0.6 is 11.6 Å². The first-order valence-electron chi connectivity index (χ1n) is 7.68. The van der Waals surface area contributed by atoms with Gasteiger partial charge < -0.3 is 14.8 Å². The molecule has 1 N–H and O–H groups in total. The number of fused-ring (bicyclic) bond motifs is 1. The quantitative estimate of drug-likeness (QED) is 0.899. The summed E-state index contributed by atoms with van der Waals surface area (Å²) in [6.45, 7) is 2.75. The van der Waals surface area contributed by atoms with Crippen molar-refractivity contribution in [3.05, 3.63) is 53.1 Å². The highest BCUT2D eigenvalue weighted by atomic mass is 35.5. The Morgan fingerprint density at radius 2 is 2.04 bits per heavy atom. The van der Waals surface area contributed by atoms with Crippen LogP contribution in [0.3, 0.4) is 0 Å². The summed E-state index contributed by atoms with van der Waals surface area (Å²) in [7, 11) is 1.91. The zero-order chi connectivity index (χ0) is 17.1. The number of nitrogens with zero attached hydrogens (tertiary/aromatic N) is 1. The molecule has 0 radical (unpaired) electrons. The number of hydrogen-bond acceptors (Lipinski definition) is 4. The molecule has 0 bridgehead atoms. The molecular weight excluding hydrogens is 328 g/mol. The van der Waals surface area contributed by atoms with E-state index in [1.807, 2.05) is 43.1 Å². The number of hydrogen-bond donors (Lipinski definition) is 1. The highest BCUT2D eigenvalue weighted by molar-refractivity contribution is 6.30. The summed E-state index contributed by atoms with van der Waals surface area (Å²) >= 11 is 5.94. The van der Waals surface area contributed by atoms with Gasteiger partial charge in [-0.2, -0.15) is 0 Å². The fourth-order valence-corrected chi connectivity index (χ4v) is 2.67. The molecular formula is C18H19ClN2O3. The molecule has 1 atom stereocenters. The third-order valence-corrected chi connectivity index (χ3v) is 4.24. The molecule has 1 amide bonds. The Bertz CT molecular complexity index is 751. The summed E-state index contributed by atoms with van der Waals surface area (Å²) < 4.78 is 10.7. The molecule has 6 heteroatoms. The molecule has 2 aromatic carbocycles. The molecule has 0 spiro atoms. The second-order valence-electron chi connectivity index (χ2n) is 5.78. The average Bonchev–Trinajstić information content (AvgIpc) is 3.01. The van der Waals surface area contributed by atoms with Crippen molar-refractivity contribution in [3.8, 4) is 11.5 Å². The zero-order valence-corrected chi connectivity index (χ0v) is 14.3. The van der Waals surface area contributed by atoms with Crippen molar-refractivity contribution in [2.45, 2.75) is 19.5 Å². The molecule has 1 heterocycles. The number of carbonyl (C=O) groups excluding carboxylic acids is 1. The number of carbonyl (C=O) groups is 1. The molecule has 24 heavy (non-hydrogen) atoms. The summed E-state index contributed by atoms with van der Waals surface area (Å²) in [4.78, 5) is 14.4. The van der Waals surface area contributed by atoms with Gasteiger partial charge in [-0.1, -0.05) is 23.7 Å². The number of likely N-dealkylation sites (N-methyl/N-ethyl adjacent to an activating group) is 1. The highest BCUT2D eigenvalue weighted by Gasteiger charge is 2.20. The van der Waals surface area contributed by atoms with E-state index in [1.54, 1.807) is 18.2 Å². The standard InChI is InChI=1S/C18H19ClN2O3/c1-12(18(22)20-15-5-3-4-14(19)9-15)21(2)10-13-6-7-16-17(8-13)24-11-23-16/h3-9,12H,10-11H2,1-2H3,(H,20,22)/t12-/m1/s1. The Morgan fingerprint density at radius 1 is 1.25 bits per heavy atom. The topological polar surface area (TPSA) is 50.8 Å². The zero-order valence-electron chi connectivity index (χ0n) is 13.6. The molecule has 0 fully saturated rings. The van der Waals surface area contributed by atoms with Gasteiger partial charge in [0.1, 0.15) is 0 Å². The van der Waals surface area contributed by atoms with E-state index in [1.165, 1.54) is 0 Å². The van der Waals surface area contributed by atoms with E-state index in [-0.39, 0.29) is 18.7 Å². The summed E-state index contributed by atoms with van der Waals surface area (Å²) in [5, 5.41) is 3.47. The van der Waals surface area contributed by atoms with Crippen LogP contribution in [-0.2, 0) is 11.3 Å². The van der Waals surface area contributed by atoms with Crippen LogP contribution in [0.1, 0.15) is 12.5 Å². The Morgan fingerprint density at radius 3 is 2.83 bits per heavy atom. The second kappa shape index (κ2) is 7.11. The van der Waals surface area contributed by atoms with Gasteiger partial charge in [0.15, 0.2) is 11.5 Å². The van der Waals surface area contributed by atoms with Gasteiger partial charge in [-0.3, -0.25) is 9.69 Å². The predicted octanol–water partition coefficient (Wildman–Crippen LogP) is 3.53. The Labute approximate surface area is 146 Å². The van der Waals surface area contributed by atoms with Crippen LogP contribution in [0.25, 0.3) is 0 Å². The van der Waals surface area contributed by atoms with Gasteiger partial charge in [0, 0.05) is 17.3 Å². The van der Waals surface area contributed by atoms with E-state index < -0.39 is 0 Å². The first-order valence-corrected chi connectivity index (χ1v) is 8.06. The minimum absolute atomic E-state index is 0.0829. The average molecular weight is 347 g/mol. The normalized spacial score (nSPS) is 13.8. The Hall–Kier alpha value is -2.24. The number of nitrogens with one attached hydrogen (secondary N) is 1. The summed E-state index contributed by atoms with van der Waals surface area (Å²) in [5.41, 5.74) is 1.75. The molecule has 126 valence electrons. The van der Waals surface area contributed by atoms with Crippen LogP contribution in [0.15, 0.2) is 42.5 Å². The maximum Gasteiger partial charge on any atom is 0.241 e. The van der Waals surface area contributed by atoms with Crippen LogP contribution in [0.4, 0.5) is 5.69 Å². The summed E-state index contributed by atoms with van der Waals surface area (Å²) in [6, 6.07) is 12.6. The summed E-state index contributed by atoms with van der Waals surface area (Å²) in [5.74, 6) is 1.42. The van der Waals surface area contributed by atoms with Crippen molar-refractivity contribution in [3.63, 3.8) is 0 Å². The lowest BCUT2D eigenvalue weighted by molar-refractivity contribution is -0.120. The highest BCUT2D eigenvalue weighted by Crippen LogP contribution is 2.32. The van der Waals surface area contributed by atoms with Crippen molar-refractivity contribution in [2.24, 2.45) is 0 Å². The van der Waals surface area contributed by atoms with Gasteiger partial charge in [-0.25, -0.2) is 0 Å². The molecule has 1 aliphatic rings. The molecule has 1 aliphatic heterocycles. The minimum atomic E-state index is -0.297. The number of amides is 1. The predicted molar refractivity (Wildman–Crippen MR) is 93.6 cm³/mol. The van der Waals surface area contributed by atoms with Crippen LogP contribution in [-0.4, -0.2) is 30.7 Å². The van der Waals surface area contributed by atoms with Gasteiger partial charge in [0.25, 0.3) is 0 Å². The molecule has 0 aromatic heterocycles. The number of halogens is 1. The molecule has 0 unspecified atom stereocenters. The van der Waals surface area contributed by atoms with Crippen molar-refractivity contribution in [1.82, 2.24) is 4.90 Å². The maximum absolute atomic E-state index is 12.4. The van der Waals surface area contributed by atoms with Crippen molar-refractivity contribution in [2.75, 3.05) is 19.2 Å². The number of anilines is 1. The molecule has 0 saturated carbocycles. The molecule has 2 aromatic rings. The lowest BCUT2D eigenvalue weighted by Crippen LogP contribution is -2.39. The first-order chi connectivity index (χ1) is 11.5. The molecule has 0 saturated heterocycles. The van der Waals surface area contributed by atoms with Crippen LogP contribution in [0.2, 0.25) is 5.02 Å². The number of rotatable bonds is 5. The maximum atomic E-state index is 12.4. The Balaban J connectivity index is 1.61. The lowest BCUT2D eigenvalue weighted by atomic mass is 10.1. The van der Waals surface area contributed by atoms with E-state index in [9.17, 15) is 4.79 Å². The van der Waals surface area contributed by atoms with Gasteiger partial charge in [-0.15, -0.1) is 0 Å². The van der Waals surface area contributed by atoms with E-state index in [2.05, 4.69) is 5.32 Å². The molecule has 0 aliphatic carbocycles. The van der Waals surface area contributed by atoms with Crippen molar-refractivity contribution < 1.29 is 14.3 Å². The third kappa shape index (κ3) is 3.80. The van der Waals surface area contributed by atoms with Gasteiger partial charge >= 0.3 is 0 Å². The minimum Gasteiger partial charge on any atom is -0.454 e. The van der Waals surface area contributed by atoms with E-state index >= 15 is 0 Å².